The van der Waals surface area contributed by atoms with Crippen LogP contribution in [0, 0.1) is 5.82 Å². The van der Waals surface area contributed by atoms with E-state index in [1.54, 1.807) is 6.07 Å². The number of hydrogen-bond donors (Lipinski definition) is 2. The van der Waals surface area contributed by atoms with Gasteiger partial charge >= 0.3 is 5.97 Å². The molecule has 0 saturated carbocycles. The van der Waals surface area contributed by atoms with E-state index in [1.807, 2.05) is 0 Å². The fourth-order valence-electron chi connectivity index (χ4n) is 2.51. The van der Waals surface area contributed by atoms with Gasteiger partial charge < -0.3 is 5.11 Å². The molecule has 100 valence electrons. The Morgan fingerprint density at radius 1 is 1.63 bits per heavy atom. The molecule has 1 unspecified atom stereocenters. The Kier molecular flexibility index (Phi) is 3.69. The summed E-state index contributed by atoms with van der Waals surface area (Å²) in [5.41, 5.74) is 7.81. The summed E-state index contributed by atoms with van der Waals surface area (Å²) in [5, 5.41) is 15.7. The van der Waals surface area contributed by atoms with Crippen LogP contribution in [-0.4, -0.2) is 24.2 Å². The summed E-state index contributed by atoms with van der Waals surface area (Å²) in [4.78, 5) is 14.2. The highest BCUT2D eigenvalue weighted by atomic mass is 19.1. The average molecular weight is 264 g/mol. The summed E-state index contributed by atoms with van der Waals surface area (Å²) in [7, 11) is 0. The SMILES string of the molecule is [N-]=[N+]=NCCNC1(C(=O)O)CCc2c(F)cccc21. The molecular formula is C12H13FN4O2. The molecule has 7 heteroatoms. The van der Waals surface area contributed by atoms with Gasteiger partial charge in [-0.3, -0.25) is 5.32 Å². The summed E-state index contributed by atoms with van der Waals surface area (Å²) in [6, 6.07) is 4.46. The van der Waals surface area contributed by atoms with Crippen molar-refractivity contribution in [1.82, 2.24) is 5.32 Å². The second kappa shape index (κ2) is 5.26. The lowest BCUT2D eigenvalue weighted by atomic mass is 9.91. The van der Waals surface area contributed by atoms with Crippen molar-refractivity contribution in [3.05, 3.63) is 45.6 Å². The lowest BCUT2D eigenvalue weighted by Gasteiger charge is -2.26. The van der Waals surface area contributed by atoms with Crippen molar-refractivity contribution in [2.24, 2.45) is 5.11 Å². The van der Waals surface area contributed by atoms with Gasteiger partial charge in [0.1, 0.15) is 11.4 Å². The van der Waals surface area contributed by atoms with Crippen LogP contribution in [0.3, 0.4) is 0 Å². The van der Waals surface area contributed by atoms with Gasteiger partial charge in [0.25, 0.3) is 0 Å². The molecule has 0 fully saturated rings. The summed E-state index contributed by atoms with van der Waals surface area (Å²) in [6.07, 6.45) is 0.664. The molecule has 1 atom stereocenters. The van der Waals surface area contributed by atoms with Gasteiger partial charge in [0.15, 0.2) is 0 Å². The summed E-state index contributed by atoms with van der Waals surface area (Å²) < 4.78 is 13.7. The number of nitrogens with one attached hydrogen (secondary N) is 1. The Bertz CT molecular complexity index is 557. The van der Waals surface area contributed by atoms with Gasteiger partial charge in [-0.05, 0) is 35.6 Å². The molecular weight excluding hydrogens is 251 g/mol. The van der Waals surface area contributed by atoms with Crippen LogP contribution >= 0.6 is 0 Å². The molecule has 0 heterocycles. The third-order valence-corrected chi connectivity index (χ3v) is 3.40. The Balaban J connectivity index is 2.31. The molecule has 6 nitrogen and oxygen atoms in total. The zero-order chi connectivity index (χ0) is 13.9. The number of hydrogen-bond acceptors (Lipinski definition) is 3. The number of carboxylic acids is 1. The van der Waals surface area contributed by atoms with E-state index in [0.29, 0.717) is 17.5 Å². The maximum atomic E-state index is 13.7. The second-order valence-corrected chi connectivity index (χ2v) is 4.36. The van der Waals surface area contributed by atoms with Crippen molar-refractivity contribution in [3.63, 3.8) is 0 Å². The average Bonchev–Trinajstić information content (AvgIpc) is 2.77. The number of benzene rings is 1. The standard InChI is InChI=1S/C12H13FN4O2/c13-10-3-1-2-9-8(10)4-5-12(9,11(18)19)15-6-7-16-17-14/h1-3,15H,4-7H2,(H,18,19). The van der Waals surface area contributed by atoms with E-state index in [4.69, 9.17) is 5.53 Å². The van der Waals surface area contributed by atoms with Crippen LogP contribution < -0.4 is 5.32 Å². The largest absolute Gasteiger partial charge is 0.480 e. The monoisotopic (exact) mass is 264 g/mol. The van der Waals surface area contributed by atoms with Gasteiger partial charge in [0.2, 0.25) is 0 Å². The second-order valence-electron chi connectivity index (χ2n) is 4.36. The van der Waals surface area contributed by atoms with Crippen LogP contribution in [0.5, 0.6) is 0 Å². The van der Waals surface area contributed by atoms with Crippen LogP contribution in [0.15, 0.2) is 23.3 Å². The summed E-state index contributed by atoms with van der Waals surface area (Å²) in [5.74, 6) is -1.42. The molecule has 0 aliphatic heterocycles. The summed E-state index contributed by atoms with van der Waals surface area (Å²) >= 11 is 0. The van der Waals surface area contributed by atoms with Crippen molar-refractivity contribution in [3.8, 4) is 0 Å². The zero-order valence-corrected chi connectivity index (χ0v) is 10.1. The van der Waals surface area contributed by atoms with Crippen LogP contribution in [0.1, 0.15) is 17.5 Å². The third kappa shape index (κ3) is 2.25. The van der Waals surface area contributed by atoms with Gasteiger partial charge in [0.05, 0.1) is 0 Å². The Hall–Kier alpha value is -2.11. The number of nitrogens with zero attached hydrogens (tertiary/aromatic N) is 3. The quantitative estimate of drug-likeness (QED) is 0.368. The minimum atomic E-state index is -1.29. The topological polar surface area (TPSA) is 98.1 Å². The van der Waals surface area contributed by atoms with Crippen molar-refractivity contribution in [1.29, 1.82) is 0 Å². The van der Waals surface area contributed by atoms with E-state index in [-0.39, 0.29) is 25.3 Å². The normalized spacial score (nSPS) is 20.7. The molecule has 0 bridgehead atoms. The van der Waals surface area contributed by atoms with E-state index in [0.717, 1.165) is 0 Å². The first-order valence-corrected chi connectivity index (χ1v) is 5.89. The fourth-order valence-corrected chi connectivity index (χ4v) is 2.51. The predicted octanol–water partition coefficient (Wildman–Crippen LogP) is 1.95. The van der Waals surface area contributed by atoms with Crippen LogP contribution in [0.2, 0.25) is 0 Å². The van der Waals surface area contributed by atoms with Crippen LogP contribution in [0.4, 0.5) is 4.39 Å². The number of carbonyl (C=O) groups is 1. The number of rotatable bonds is 5. The molecule has 1 aliphatic carbocycles. The van der Waals surface area contributed by atoms with Crippen molar-refractivity contribution >= 4 is 5.97 Å². The number of fused-ring (bicyclic) bond motifs is 1. The molecule has 0 amide bonds. The maximum absolute atomic E-state index is 13.7. The molecule has 2 rings (SSSR count). The molecule has 2 N–H and O–H groups in total. The van der Waals surface area contributed by atoms with E-state index >= 15 is 0 Å². The van der Waals surface area contributed by atoms with E-state index in [9.17, 15) is 14.3 Å². The third-order valence-electron chi connectivity index (χ3n) is 3.40. The van der Waals surface area contributed by atoms with Gasteiger partial charge in [-0.2, -0.15) is 0 Å². The molecule has 0 radical (unpaired) electrons. The zero-order valence-electron chi connectivity index (χ0n) is 10.1. The fraction of sp³-hybridized carbons (Fsp3) is 0.417. The van der Waals surface area contributed by atoms with Crippen molar-refractivity contribution in [2.45, 2.75) is 18.4 Å². The lowest BCUT2D eigenvalue weighted by molar-refractivity contribution is -0.145. The highest BCUT2D eigenvalue weighted by Crippen LogP contribution is 2.38. The van der Waals surface area contributed by atoms with Gasteiger partial charge in [-0.1, -0.05) is 17.2 Å². The molecule has 0 aromatic heterocycles. The highest BCUT2D eigenvalue weighted by Gasteiger charge is 2.45. The number of aliphatic carboxylic acids is 1. The number of azide groups is 1. The molecule has 0 saturated heterocycles. The minimum absolute atomic E-state index is 0.149. The maximum Gasteiger partial charge on any atom is 0.328 e. The van der Waals surface area contributed by atoms with Gasteiger partial charge in [0, 0.05) is 18.0 Å². The molecule has 1 aliphatic rings. The number of carboxylic acid groups (broad SMARTS) is 1. The first kappa shape index (κ1) is 13.3. The minimum Gasteiger partial charge on any atom is -0.480 e. The highest BCUT2D eigenvalue weighted by molar-refractivity contribution is 5.82. The lowest BCUT2D eigenvalue weighted by Crippen LogP contribution is -2.48. The van der Waals surface area contributed by atoms with Gasteiger partial charge in [-0.15, -0.1) is 0 Å². The Labute approximate surface area is 108 Å². The van der Waals surface area contributed by atoms with Crippen LogP contribution in [-0.2, 0) is 16.8 Å². The molecule has 0 spiro atoms. The molecule has 1 aromatic rings. The van der Waals surface area contributed by atoms with E-state index < -0.39 is 11.5 Å². The van der Waals surface area contributed by atoms with E-state index in [1.165, 1.54) is 12.1 Å². The van der Waals surface area contributed by atoms with Crippen LogP contribution in [0.25, 0.3) is 10.4 Å². The van der Waals surface area contributed by atoms with E-state index in [2.05, 4.69) is 15.3 Å². The predicted molar refractivity (Wildman–Crippen MR) is 66.1 cm³/mol. The van der Waals surface area contributed by atoms with Crippen molar-refractivity contribution in [2.75, 3.05) is 13.1 Å². The van der Waals surface area contributed by atoms with Crippen molar-refractivity contribution < 1.29 is 14.3 Å². The molecule has 1 aromatic carbocycles. The molecule has 19 heavy (non-hydrogen) atoms. The smallest absolute Gasteiger partial charge is 0.328 e. The summed E-state index contributed by atoms with van der Waals surface area (Å²) in [6.45, 7) is 0.377. The first-order chi connectivity index (χ1) is 9.12. The van der Waals surface area contributed by atoms with Gasteiger partial charge in [-0.25, -0.2) is 9.18 Å². The Morgan fingerprint density at radius 2 is 2.42 bits per heavy atom. The first-order valence-electron chi connectivity index (χ1n) is 5.89. The Morgan fingerprint density at radius 3 is 3.11 bits per heavy atom. The number of halogens is 1.